The van der Waals surface area contributed by atoms with Crippen LogP contribution in [0.3, 0.4) is 0 Å². The lowest BCUT2D eigenvalue weighted by atomic mass is 10.1. The van der Waals surface area contributed by atoms with Gasteiger partial charge in [0.15, 0.2) is 0 Å². The Morgan fingerprint density at radius 2 is 1.90 bits per heavy atom. The van der Waals surface area contributed by atoms with Crippen molar-refractivity contribution in [1.82, 2.24) is 9.88 Å². The summed E-state index contributed by atoms with van der Waals surface area (Å²) in [6.07, 6.45) is 0. The molecular formula is C15H15F2N3O. The molecule has 0 aliphatic rings. The predicted molar refractivity (Wildman–Crippen MR) is 75.5 cm³/mol. The fraction of sp³-hybridized carbons (Fsp3) is 0.200. The van der Waals surface area contributed by atoms with E-state index in [1.807, 2.05) is 19.1 Å². The van der Waals surface area contributed by atoms with Crippen LogP contribution in [0.15, 0.2) is 30.3 Å². The summed E-state index contributed by atoms with van der Waals surface area (Å²) in [5, 5.41) is 0. The average Bonchev–Trinajstić information content (AvgIpc) is 2.43. The van der Waals surface area contributed by atoms with Crippen molar-refractivity contribution in [3.8, 4) is 0 Å². The standard InChI is InChI=1S/C15H15F2N3O/c1-9-4-3-5-11(19-9)8-20(2)15(21)10-6-12(16)14(18)13(17)7-10/h3-7H,8,18H2,1-2H3. The molecule has 1 aromatic carbocycles. The Morgan fingerprint density at radius 3 is 2.48 bits per heavy atom. The summed E-state index contributed by atoms with van der Waals surface area (Å²) in [7, 11) is 1.54. The largest absolute Gasteiger partial charge is 0.394 e. The summed E-state index contributed by atoms with van der Waals surface area (Å²) in [6, 6.07) is 7.32. The van der Waals surface area contributed by atoms with Crippen molar-refractivity contribution in [2.45, 2.75) is 13.5 Å². The van der Waals surface area contributed by atoms with Crippen LogP contribution in [-0.4, -0.2) is 22.8 Å². The lowest BCUT2D eigenvalue weighted by Gasteiger charge is -2.17. The van der Waals surface area contributed by atoms with Crippen molar-refractivity contribution >= 4 is 11.6 Å². The highest BCUT2D eigenvalue weighted by Crippen LogP contribution is 2.18. The zero-order valence-corrected chi connectivity index (χ0v) is 11.7. The average molecular weight is 291 g/mol. The quantitative estimate of drug-likeness (QED) is 0.884. The normalized spacial score (nSPS) is 10.5. The number of nitrogen functional groups attached to an aromatic ring is 1. The molecule has 2 N–H and O–H groups in total. The van der Waals surface area contributed by atoms with E-state index in [9.17, 15) is 13.6 Å². The third-order valence-corrected chi connectivity index (χ3v) is 3.02. The van der Waals surface area contributed by atoms with Gasteiger partial charge in [-0.2, -0.15) is 0 Å². The molecule has 2 aromatic rings. The number of aryl methyl sites for hydroxylation is 1. The van der Waals surface area contributed by atoms with Crippen LogP contribution in [0.2, 0.25) is 0 Å². The Hall–Kier alpha value is -2.50. The fourth-order valence-electron chi connectivity index (χ4n) is 1.93. The molecule has 0 aliphatic heterocycles. The van der Waals surface area contributed by atoms with E-state index in [0.717, 1.165) is 17.8 Å². The van der Waals surface area contributed by atoms with E-state index >= 15 is 0 Å². The van der Waals surface area contributed by atoms with Gasteiger partial charge in [0.1, 0.15) is 17.3 Å². The van der Waals surface area contributed by atoms with Gasteiger partial charge in [0.25, 0.3) is 5.91 Å². The smallest absolute Gasteiger partial charge is 0.254 e. The number of benzene rings is 1. The van der Waals surface area contributed by atoms with Crippen molar-refractivity contribution < 1.29 is 13.6 Å². The maximum Gasteiger partial charge on any atom is 0.254 e. The van der Waals surface area contributed by atoms with Crippen LogP contribution in [0.5, 0.6) is 0 Å². The van der Waals surface area contributed by atoms with E-state index in [-0.39, 0.29) is 12.1 Å². The second-order valence-corrected chi connectivity index (χ2v) is 4.79. The topological polar surface area (TPSA) is 59.2 Å². The van der Waals surface area contributed by atoms with Gasteiger partial charge in [0.2, 0.25) is 0 Å². The van der Waals surface area contributed by atoms with Crippen molar-refractivity contribution in [3.63, 3.8) is 0 Å². The molecule has 0 spiro atoms. The number of carbonyl (C=O) groups excluding carboxylic acids is 1. The van der Waals surface area contributed by atoms with E-state index in [4.69, 9.17) is 5.73 Å². The predicted octanol–water partition coefficient (Wildman–Crippen LogP) is 2.52. The van der Waals surface area contributed by atoms with Crippen LogP contribution in [0.1, 0.15) is 21.7 Å². The molecule has 0 atom stereocenters. The number of halogens is 2. The van der Waals surface area contributed by atoms with E-state index in [1.54, 1.807) is 13.1 Å². The third kappa shape index (κ3) is 3.34. The summed E-state index contributed by atoms with van der Waals surface area (Å²) in [6.45, 7) is 2.09. The zero-order chi connectivity index (χ0) is 15.6. The molecule has 4 nitrogen and oxygen atoms in total. The molecule has 0 bridgehead atoms. The number of pyridine rings is 1. The molecule has 6 heteroatoms. The molecule has 0 fully saturated rings. The van der Waals surface area contributed by atoms with E-state index in [1.165, 1.54) is 4.90 Å². The summed E-state index contributed by atoms with van der Waals surface area (Å²) < 4.78 is 26.8. The van der Waals surface area contributed by atoms with Gasteiger partial charge >= 0.3 is 0 Å². The Bertz CT molecular complexity index is 665. The van der Waals surface area contributed by atoms with E-state index < -0.39 is 23.2 Å². The summed E-state index contributed by atoms with van der Waals surface area (Å²) in [5.74, 6) is -2.39. The number of nitrogens with zero attached hydrogens (tertiary/aromatic N) is 2. The van der Waals surface area contributed by atoms with Crippen molar-refractivity contribution in [3.05, 3.63) is 58.9 Å². The van der Waals surface area contributed by atoms with Crippen LogP contribution in [0.4, 0.5) is 14.5 Å². The number of anilines is 1. The van der Waals surface area contributed by atoms with Crippen molar-refractivity contribution in [1.29, 1.82) is 0 Å². The van der Waals surface area contributed by atoms with Gasteiger partial charge in [-0.15, -0.1) is 0 Å². The number of amides is 1. The first-order chi connectivity index (χ1) is 9.88. The molecule has 21 heavy (non-hydrogen) atoms. The van der Waals surface area contributed by atoms with Crippen molar-refractivity contribution in [2.75, 3.05) is 12.8 Å². The van der Waals surface area contributed by atoms with E-state index in [0.29, 0.717) is 5.69 Å². The maximum atomic E-state index is 13.4. The third-order valence-electron chi connectivity index (χ3n) is 3.02. The molecule has 0 saturated carbocycles. The first-order valence-electron chi connectivity index (χ1n) is 6.31. The van der Waals surface area contributed by atoms with Gasteiger partial charge in [-0.05, 0) is 31.2 Å². The zero-order valence-electron chi connectivity index (χ0n) is 11.7. The van der Waals surface area contributed by atoms with Crippen LogP contribution >= 0.6 is 0 Å². The fourth-order valence-corrected chi connectivity index (χ4v) is 1.93. The first kappa shape index (κ1) is 14.9. The monoisotopic (exact) mass is 291 g/mol. The minimum Gasteiger partial charge on any atom is -0.394 e. The Morgan fingerprint density at radius 1 is 1.29 bits per heavy atom. The van der Waals surface area contributed by atoms with Gasteiger partial charge in [0, 0.05) is 18.3 Å². The van der Waals surface area contributed by atoms with Gasteiger partial charge < -0.3 is 10.6 Å². The molecule has 2 rings (SSSR count). The second kappa shape index (κ2) is 5.87. The molecular weight excluding hydrogens is 276 g/mol. The molecule has 0 radical (unpaired) electrons. The lowest BCUT2D eigenvalue weighted by molar-refractivity contribution is 0.0782. The van der Waals surface area contributed by atoms with Gasteiger partial charge in [-0.25, -0.2) is 8.78 Å². The van der Waals surface area contributed by atoms with Crippen LogP contribution in [0.25, 0.3) is 0 Å². The highest BCUT2D eigenvalue weighted by Gasteiger charge is 2.17. The minimum atomic E-state index is -0.944. The number of hydrogen-bond donors (Lipinski definition) is 1. The lowest BCUT2D eigenvalue weighted by Crippen LogP contribution is -2.27. The van der Waals surface area contributed by atoms with Gasteiger partial charge in [-0.1, -0.05) is 6.07 Å². The van der Waals surface area contributed by atoms with Crippen LogP contribution in [0, 0.1) is 18.6 Å². The van der Waals surface area contributed by atoms with E-state index in [2.05, 4.69) is 4.98 Å². The molecule has 0 aliphatic carbocycles. The highest BCUT2D eigenvalue weighted by molar-refractivity contribution is 5.94. The Labute approximate surface area is 121 Å². The number of aromatic nitrogens is 1. The summed E-state index contributed by atoms with van der Waals surface area (Å²) in [5.41, 5.74) is 6.03. The van der Waals surface area contributed by atoms with Crippen LogP contribution < -0.4 is 5.73 Å². The minimum absolute atomic E-state index is 0.0886. The maximum absolute atomic E-state index is 13.4. The van der Waals surface area contributed by atoms with Crippen molar-refractivity contribution in [2.24, 2.45) is 0 Å². The summed E-state index contributed by atoms with van der Waals surface area (Å²) in [4.78, 5) is 17.8. The number of carbonyl (C=O) groups is 1. The Kier molecular flexibility index (Phi) is 4.16. The molecule has 110 valence electrons. The highest BCUT2D eigenvalue weighted by atomic mass is 19.1. The number of hydrogen-bond acceptors (Lipinski definition) is 3. The SMILES string of the molecule is Cc1cccc(CN(C)C(=O)c2cc(F)c(N)c(F)c2)n1. The molecule has 0 saturated heterocycles. The Balaban J connectivity index is 2.20. The van der Waals surface area contributed by atoms with Crippen LogP contribution in [-0.2, 0) is 6.54 Å². The van der Waals surface area contributed by atoms with Gasteiger partial charge in [0.05, 0.1) is 12.2 Å². The molecule has 1 aromatic heterocycles. The number of rotatable bonds is 3. The summed E-state index contributed by atoms with van der Waals surface area (Å²) >= 11 is 0. The molecule has 1 amide bonds. The molecule has 0 unspecified atom stereocenters. The molecule has 1 heterocycles. The second-order valence-electron chi connectivity index (χ2n) is 4.79. The first-order valence-corrected chi connectivity index (χ1v) is 6.31. The number of nitrogens with two attached hydrogens (primary N) is 1. The van der Waals surface area contributed by atoms with Gasteiger partial charge in [-0.3, -0.25) is 9.78 Å².